The van der Waals surface area contributed by atoms with E-state index in [1.807, 2.05) is 50.2 Å². The molecule has 0 radical (unpaired) electrons. The summed E-state index contributed by atoms with van der Waals surface area (Å²) in [7, 11) is -4.40. The summed E-state index contributed by atoms with van der Waals surface area (Å²) in [5, 5.41) is 3.63. The Bertz CT molecular complexity index is 896. The van der Waals surface area contributed by atoms with Crippen molar-refractivity contribution in [3.63, 3.8) is 0 Å². The van der Waals surface area contributed by atoms with Gasteiger partial charge in [0.15, 0.2) is 0 Å². The van der Waals surface area contributed by atoms with Gasteiger partial charge >= 0.3 is 7.60 Å². The first-order valence-electron chi connectivity index (χ1n) is 7.04. The van der Waals surface area contributed by atoms with Crippen molar-refractivity contribution < 1.29 is 19.1 Å². The van der Waals surface area contributed by atoms with Crippen LogP contribution in [0.25, 0.3) is 21.5 Å². The van der Waals surface area contributed by atoms with Crippen molar-refractivity contribution >= 4 is 34.4 Å². The Morgan fingerprint density at radius 1 is 0.955 bits per heavy atom. The van der Waals surface area contributed by atoms with E-state index in [1.165, 1.54) is 6.07 Å². The lowest BCUT2D eigenvalue weighted by atomic mass is 10.0. The second kappa shape index (κ2) is 5.40. The van der Waals surface area contributed by atoms with Crippen LogP contribution < -0.4 is 10.0 Å². The minimum absolute atomic E-state index is 0.0658. The van der Waals surface area contributed by atoms with E-state index in [1.54, 1.807) is 6.07 Å². The standard InChI is InChI=1S/C17H17O4P/c1-11(2)21-17-15-10-13-6-4-3-5-12(13)9-14(15)7-8-16(17)22(18,19)20/h3-11H,1-2H3,(H2,18,19,20). The minimum Gasteiger partial charge on any atom is -0.489 e. The van der Waals surface area contributed by atoms with Crippen LogP contribution in [-0.2, 0) is 4.57 Å². The van der Waals surface area contributed by atoms with E-state index < -0.39 is 7.60 Å². The van der Waals surface area contributed by atoms with E-state index in [9.17, 15) is 14.4 Å². The summed E-state index contributed by atoms with van der Waals surface area (Å²) in [5.74, 6) is 0.270. The Morgan fingerprint density at radius 2 is 1.59 bits per heavy atom. The molecule has 0 fully saturated rings. The Kier molecular flexibility index (Phi) is 3.69. The Labute approximate surface area is 128 Å². The first-order chi connectivity index (χ1) is 10.4. The number of hydrogen-bond donors (Lipinski definition) is 2. The van der Waals surface area contributed by atoms with Gasteiger partial charge in [0.1, 0.15) is 11.1 Å². The van der Waals surface area contributed by atoms with Crippen LogP contribution in [0.4, 0.5) is 0 Å². The lowest BCUT2D eigenvalue weighted by Gasteiger charge is -2.18. The zero-order valence-electron chi connectivity index (χ0n) is 12.4. The largest absolute Gasteiger partial charge is 0.489 e. The fraction of sp³-hybridized carbons (Fsp3) is 0.176. The molecule has 0 aliphatic heterocycles. The molecular formula is C17H17O4P. The number of hydrogen-bond acceptors (Lipinski definition) is 2. The topological polar surface area (TPSA) is 66.8 Å². The van der Waals surface area contributed by atoms with Gasteiger partial charge in [-0.05, 0) is 48.2 Å². The SMILES string of the molecule is CC(C)Oc1c(P(=O)(O)O)ccc2cc3ccccc3cc12. The van der Waals surface area contributed by atoms with E-state index in [2.05, 4.69) is 0 Å². The first kappa shape index (κ1) is 15.0. The highest BCUT2D eigenvalue weighted by atomic mass is 31.2. The summed E-state index contributed by atoms with van der Waals surface area (Å²) in [6.45, 7) is 3.67. The molecule has 0 bridgehead atoms. The van der Waals surface area contributed by atoms with E-state index >= 15 is 0 Å². The van der Waals surface area contributed by atoms with Crippen molar-refractivity contribution in [1.82, 2.24) is 0 Å². The quantitative estimate of drug-likeness (QED) is 0.572. The zero-order chi connectivity index (χ0) is 15.9. The summed E-state index contributed by atoms with van der Waals surface area (Å²) < 4.78 is 17.5. The summed E-state index contributed by atoms with van der Waals surface area (Å²) in [5.41, 5.74) is 0. The number of ether oxygens (including phenoxy) is 1. The predicted molar refractivity (Wildman–Crippen MR) is 88.9 cm³/mol. The third-order valence-electron chi connectivity index (χ3n) is 3.48. The summed E-state index contributed by atoms with van der Waals surface area (Å²) >= 11 is 0. The molecule has 114 valence electrons. The molecule has 0 spiro atoms. The van der Waals surface area contributed by atoms with E-state index in [0.717, 1.165) is 16.2 Å². The Morgan fingerprint density at radius 3 is 2.18 bits per heavy atom. The van der Waals surface area contributed by atoms with Gasteiger partial charge in [0, 0.05) is 5.39 Å². The van der Waals surface area contributed by atoms with Crippen LogP contribution in [0.1, 0.15) is 13.8 Å². The highest BCUT2D eigenvalue weighted by molar-refractivity contribution is 7.60. The van der Waals surface area contributed by atoms with Gasteiger partial charge in [-0.1, -0.05) is 30.3 Å². The maximum Gasteiger partial charge on any atom is 0.359 e. The molecule has 0 aliphatic rings. The normalized spacial score (nSPS) is 12.2. The average Bonchev–Trinajstić information content (AvgIpc) is 2.44. The van der Waals surface area contributed by atoms with Crippen molar-refractivity contribution in [3.05, 3.63) is 48.5 Å². The highest BCUT2D eigenvalue weighted by Gasteiger charge is 2.25. The minimum atomic E-state index is -4.40. The van der Waals surface area contributed by atoms with Gasteiger partial charge in [0.2, 0.25) is 0 Å². The van der Waals surface area contributed by atoms with Gasteiger partial charge in [0.05, 0.1) is 6.10 Å². The van der Waals surface area contributed by atoms with Crippen LogP contribution >= 0.6 is 7.60 Å². The Hall–Kier alpha value is -1.87. The molecule has 0 saturated heterocycles. The van der Waals surface area contributed by atoms with E-state index in [-0.39, 0.29) is 17.2 Å². The lowest BCUT2D eigenvalue weighted by Crippen LogP contribution is -2.15. The Balaban J connectivity index is 2.39. The molecule has 2 N–H and O–H groups in total. The summed E-state index contributed by atoms with van der Waals surface area (Å²) in [6.07, 6.45) is -0.178. The molecule has 0 aromatic heterocycles. The second-order valence-electron chi connectivity index (χ2n) is 5.54. The van der Waals surface area contributed by atoms with E-state index in [4.69, 9.17) is 4.74 Å². The predicted octanol–water partition coefficient (Wildman–Crippen LogP) is 3.58. The molecule has 0 amide bonds. The molecule has 0 aliphatic carbocycles. The van der Waals surface area contributed by atoms with Gasteiger partial charge in [-0.3, -0.25) is 4.57 Å². The maximum atomic E-state index is 11.8. The van der Waals surface area contributed by atoms with Gasteiger partial charge in [-0.2, -0.15) is 0 Å². The van der Waals surface area contributed by atoms with Crippen LogP contribution in [0.15, 0.2) is 48.5 Å². The molecule has 4 nitrogen and oxygen atoms in total. The number of fused-ring (bicyclic) bond motifs is 2. The molecule has 3 aromatic carbocycles. The van der Waals surface area contributed by atoms with Crippen LogP contribution in [0.2, 0.25) is 0 Å². The summed E-state index contributed by atoms with van der Waals surface area (Å²) in [4.78, 5) is 19.2. The number of rotatable bonds is 3. The first-order valence-corrected chi connectivity index (χ1v) is 8.66. The fourth-order valence-corrected chi connectivity index (χ4v) is 3.27. The van der Waals surface area contributed by atoms with Crippen molar-refractivity contribution in [2.45, 2.75) is 20.0 Å². The van der Waals surface area contributed by atoms with Crippen LogP contribution in [0, 0.1) is 0 Å². The molecule has 5 heteroatoms. The molecule has 0 saturated carbocycles. The van der Waals surface area contributed by atoms with Crippen LogP contribution in [0.5, 0.6) is 5.75 Å². The van der Waals surface area contributed by atoms with Crippen molar-refractivity contribution in [2.24, 2.45) is 0 Å². The third-order valence-corrected chi connectivity index (χ3v) is 4.46. The molecule has 3 aromatic rings. The maximum absolute atomic E-state index is 11.8. The molecule has 22 heavy (non-hydrogen) atoms. The van der Waals surface area contributed by atoms with Gasteiger partial charge < -0.3 is 14.5 Å². The second-order valence-corrected chi connectivity index (χ2v) is 7.11. The molecule has 0 unspecified atom stereocenters. The zero-order valence-corrected chi connectivity index (χ0v) is 13.2. The van der Waals surface area contributed by atoms with Gasteiger partial charge in [-0.25, -0.2) is 0 Å². The van der Waals surface area contributed by atoms with Crippen LogP contribution in [-0.4, -0.2) is 15.9 Å². The molecular weight excluding hydrogens is 299 g/mol. The fourth-order valence-electron chi connectivity index (χ4n) is 2.56. The molecule has 0 atom stereocenters. The molecule has 3 rings (SSSR count). The van der Waals surface area contributed by atoms with Crippen molar-refractivity contribution in [1.29, 1.82) is 0 Å². The summed E-state index contributed by atoms with van der Waals surface area (Å²) in [6, 6.07) is 15.0. The van der Waals surface area contributed by atoms with Gasteiger partial charge in [-0.15, -0.1) is 0 Å². The van der Waals surface area contributed by atoms with Crippen molar-refractivity contribution in [2.75, 3.05) is 0 Å². The van der Waals surface area contributed by atoms with E-state index in [0.29, 0.717) is 5.39 Å². The highest BCUT2D eigenvalue weighted by Crippen LogP contribution is 2.41. The van der Waals surface area contributed by atoms with Gasteiger partial charge in [0.25, 0.3) is 0 Å². The van der Waals surface area contributed by atoms with Crippen LogP contribution in [0.3, 0.4) is 0 Å². The molecule has 0 heterocycles. The third kappa shape index (κ3) is 2.73. The number of benzene rings is 3. The lowest BCUT2D eigenvalue weighted by molar-refractivity contribution is 0.246. The smallest absolute Gasteiger partial charge is 0.359 e. The van der Waals surface area contributed by atoms with Crippen molar-refractivity contribution in [3.8, 4) is 5.75 Å². The average molecular weight is 316 g/mol. The monoisotopic (exact) mass is 316 g/mol.